The minimum Gasteiger partial charge on any atom is -0.332 e. The molecule has 5 nitrogen and oxygen atoms in total. The van der Waals surface area contributed by atoms with Gasteiger partial charge in [-0.05, 0) is 38.8 Å². The Balaban J connectivity index is 1.96. The number of nitrogens with one attached hydrogen (secondary N) is 1. The predicted octanol–water partition coefficient (Wildman–Crippen LogP) is 3.81. The molecule has 0 saturated carbocycles. The topological polar surface area (TPSA) is 62.3 Å². The number of hydrogen-bond acceptors (Lipinski definition) is 4. The number of amides is 2. The van der Waals surface area contributed by atoms with Gasteiger partial charge in [0, 0.05) is 12.7 Å². The average Bonchev–Trinajstić information content (AvgIpc) is 2.95. The summed E-state index contributed by atoms with van der Waals surface area (Å²) >= 11 is 1.43. The van der Waals surface area contributed by atoms with Gasteiger partial charge in [0.15, 0.2) is 0 Å². The van der Waals surface area contributed by atoms with Crippen LogP contribution in [0.2, 0.25) is 0 Å². The van der Waals surface area contributed by atoms with Crippen LogP contribution in [0.3, 0.4) is 0 Å². The van der Waals surface area contributed by atoms with Gasteiger partial charge < -0.3 is 10.2 Å². The van der Waals surface area contributed by atoms with E-state index in [0.717, 1.165) is 41.2 Å². The highest BCUT2D eigenvalue weighted by atomic mass is 32.1. The van der Waals surface area contributed by atoms with Crippen LogP contribution in [0, 0.1) is 13.8 Å². The third-order valence-corrected chi connectivity index (χ3v) is 5.05. The quantitative estimate of drug-likeness (QED) is 0.817. The Labute approximate surface area is 153 Å². The zero-order valence-electron chi connectivity index (χ0n) is 15.3. The van der Waals surface area contributed by atoms with E-state index in [9.17, 15) is 9.59 Å². The lowest BCUT2D eigenvalue weighted by molar-refractivity contribution is -0.116. The Kier molecular flexibility index (Phi) is 6.70. The molecule has 0 aliphatic heterocycles. The number of rotatable bonds is 7. The molecule has 2 amide bonds. The number of carbonyl (C=O) groups excluding carboxylic acids is 2. The number of benzene rings is 1. The summed E-state index contributed by atoms with van der Waals surface area (Å²) in [6.45, 7) is 5.98. The van der Waals surface area contributed by atoms with Crippen LogP contribution in [-0.4, -0.2) is 35.3 Å². The molecule has 1 heterocycles. The number of thiazole rings is 1. The van der Waals surface area contributed by atoms with Crippen molar-refractivity contribution in [2.45, 2.75) is 40.0 Å². The highest BCUT2D eigenvalue weighted by Crippen LogP contribution is 2.21. The summed E-state index contributed by atoms with van der Waals surface area (Å²) in [5.41, 5.74) is 2.60. The first-order chi connectivity index (χ1) is 11.9. The molecular formula is C19H25N3O2S. The molecule has 0 aliphatic rings. The van der Waals surface area contributed by atoms with E-state index in [-0.39, 0.29) is 18.4 Å². The van der Waals surface area contributed by atoms with E-state index in [1.807, 2.05) is 38.1 Å². The van der Waals surface area contributed by atoms with Gasteiger partial charge in [-0.25, -0.2) is 4.98 Å². The second-order valence-electron chi connectivity index (χ2n) is 6.20. The first-order valence-corrected chi connectivity index (χ1v) is 9.30. The van der Waals surface area contributed by atoms with Gasteiger partial charge in [-0.2, -0.15) is 0 Å². The molecule has 0 fully saturated rings. The summed E-state index contributed by atoms with van der Waals surface area (Å²) in [5, 5.41) is 3.80. The zero-order valence-corrected chi connectivity index (χ0v) is 16.1. The number of anilines is 1. The van der Waals surface area contributed by atoms with Gasteiger partial charge >= 0.3 is 0 Å². The smallest absolute Gasteiger partial charge is 0.266 e. The molecule has 0 atom stereocenters. The predicted molar refractivity (Wildman–Crippen MR) is 102 cm³/mol. The average molecular weight is 359 g/mol. The summed E-state index contributed by atoms with van der Waals surface area (Å²) in [7, 11) is 1.64. The molecule has 0 bridgehead atoms. The van der Waals surface area contributed by atoms with Crippen LogP contribution in [0.15, 0.2) is 24.3 Å². The maximum absolute atomic E-state index is 12.6. The molecule has 1 aromatic heterocycles. The molecular weight excluding hydrogens is 334 g/mol. The van der Waals surface area contributed by atoms with Crippen molar-refractivity contribution in [2.75, 3.05) is 18.9 Å². The van der Waals surface area contributed by atoms with Gasteiger partial charge in [-0.15, -0.1) is 11.3 Å². The lowest BCUT2D eigenvalue weighted by atomic mass is 10.2. The van der Waals surface area contributed by atoms with E-state index in [4.69, 9.17) is 0 Å². The summed E-state index contributed by atoms with van der Waals surface area (Å²) in [5.74, 6) is -0.370. The molecule has 0 aliphatic carbocycles. The monoisotopic (exact) mass is 359 g/mol. The molecule has 25 heavy (non-hydrogen) atoms. The van der Waals surface area contributed by atoms with Crippen LogP contribution >= 0.6 is 11.3 Å². The minimum absolute atomic E-state index is 0.00828. The van der Waals surface area contributed by atoms with E-state index >= 15 is 0 Å². The third-order valence-electron chi connectivity index (χ3n) is 3.84. The maximum Gasteiger partial charge on any atom is 0.266 e. The first-order valence-electron chi connectivity index (χ1n) is 8.49. The number of aryl methyl sites for hydroxylation is 3. The Morgan fingerprint density at radius 2 is 1.88 bits per heavy atom. The summed E-state index contributed by atoms with van der Waals surface area (Å²) < 4.78 is 0. The fraction of sp³-hybridized carbons (Fsp3) is 0.421. The van der Waals surface area contributed by atoms with Crippen LogP contribution < -0.4 is 5.32 Å². The SMILES string of the molecule is CCCCc1nc(C)c(C(=O)N(C)CC(=O)Nc2ccc(C)cc2)s1. The Hall–Kier alpha value is -2.21. The first kappa shape index (κ1) is 19.1. The van der Waals surface area contributed by atoms with E-state index in [1.54, 1.807) is 7.05 Å². The number of nitrogens with zero attached hydrogens (tertiary/aromatic N) is 2. The van der Waals surface area contributed by atoms with Gasteiger partial charge in [0.1, 0.15) is 4.88 Å². The number of unbranched alkanes of at least 4 members (excludes halogenated alkanes) is 1. The van der Waals surface area contributed by atoms with Crippen molar-refractivity contribution < 1.29 is 9.59 Å². The lowest BCUT2D eigenvalue weighted by Gasteiger charge is -2.16. The summed E-state index contributed by atoms with van der Waals surface area (Å²) in [6.07, 6.45) is 3.06. The van der Waals surface area contributed by atoms with Gasteiger partial charge in [0.2, 0.25) is 5.91 Å². The Morgan fingerprint density at radius 1 is 1.20 bits per heavy atom. The van der Waals surface area contributed by atoms with Crippen molar-refractivity contribution >= 4 is 28.8 Å². The van der Waals surface area contributed by atoms with E-state index in [2.05, 4.69) is 17.2 Å². The molecule has 1 aromatic carbocycles. The van der Waals surface area contributed by atoms with Crippen molar-refractivity contribution in [3.63, 3.8) is 0 Å². The molecule has 2 rings (SSSR count). The van der Waals surface area contributed by atoms with E-state index in [1.165, 1.54) is 16.2 Å². The molecule has 2 aromatic rings. The van der Waals surface area contributed by atoms with Crippen molar-refractivity contribution in [2.24, 2.45) is 0 Å². The van der Waals surface area contributed by atoms with Gasteiger partial charge in [0.05, 0.1) is 17.2 Å². The lowest BCUT2D eigenvalue weighted by Crippen LogP contribution is -2.34. The van der Waals surface area contributed by atoms with Crippen molar-refractivity contribution in [3.05, 3.63) is 45.4 Å². The van der Waals surface area contributed by atoms with Gasteiger partial charge in [-0.1, -0.05) is 31.0 Å². The Bertz CT molecular complexity index is 738. The van der Waals surface area contributed by atoms with E-state index < -0.39 is 0 Å². The molecule has 0 unspecified atom stereocenters. The van der Waals surface area contributed by atoms with Crippen LogP contribution in [0.4, 0.5) is 5.69 Å². The zero-order chi connectivity index (χ0) is 18.4. The van der Waals surface area contributed by atoms with Gasteiger partial charge in [-0.3, -0.25) is 9.59 Å². The molecule has 134 valence electrons. The fourth-order valence-corrected chi connectivity index (χ4v) is 3.48. The number of aromatic nitrogens is 1. The normalized spacial score (nSPS) is 10.6. The van der Waals surface area contributed by atoms with Crippen molar-refractivity contribution in [1.29, 1.82) is 0 Å². The highest BCUT2D eigenvalue weighted by molar-refractivity contribution is 7.13. The van der Waals surface area contributed by atoms with Crippen LogP contribution in [0.1, 0.15) is 45.7 Å². The summed E-state index contributed by atoms with van der Waals surface area (Å²) in [6, 6.07) is 7.57. The van der Waals surface area contributed by atoms with Gasteiger partial charge in [0.25, 0.3) is 5.91 Å². The van der Waals surface area contributed by atoms with Crippen molar-refractivity contribution in [1.82, 2.24) is 9.88 Å². The molecule has 0 saturated heterocycles. The molecule has 1 N–H and O–H groups in total. The second kappa shape index (κ2) is 8.76. The standard InChI is InChI=1S/C19H25N3O2S/c1-5-6-7-17-20-14(3)18(25-17)19(24)22(4)12-16(23)21-15-10-8-13(2)9-11-15/h8-11H,5-7,12H2,1-4H3,(H,21,23). The molecule has 6 heteroatoms. The van der Waals surface area contributed by atoms with Crippen LogP contribution in [0.5, 0.6) is 0 Å². The van der Waals surface area contributed by atoms with E-state index in [0.29, 0.717) is 4.88 Å². The summed E-state index contributed by atoms with van der Waals surface area (Å²) in [4.78, 5) is 31.3. The highest BCUT2D eigenvalue weighted by Gasteiger charge is 2.20. The molecule has 0 radical (unpaired) electrons. The fourth-order valence-electron chi connectivity index (χ4n) is 2.38. The van der Waals surface area contributed by atoms with Crippen LogP contribution in [-0.2, 0) is 11.2 Å². The number of hydrogen-bond donors (Lipinski definition) is 1. The number of likely N-dealkylation sites (N-methyl/N-ethyl adjacent to an activating group) is 1. The Morgan fingerprint density at radius 3 is 2.52 bits per heavy atom. The van der Waals surface area contributed by atoms with Crippen LogP contribution in [0.25, 0.3) is 0 Å². The van der Waals surface area contributed by atoms with Crippen molar-refractivity contribution in [3.8, 4) is 0 Å². The maximum atomic E-state index is 12.6. The minimum atomic E-state index is -0.215. The number of carbonyl (C=O) groups is 2. The largest absolute Gasteiger partial charge is 0.332 e. The third kappa shape index (κ3) is 5.39. The second-order valence-corrected chi connectivity index (χ2v) is 7.28. The molecule has 0 spiro atoms.